The minimum Gasteiger partial charge on any atom is -0.481 e. The maximum absolute atomic E-state index is 10.5. The highest BCUT2D eigenvalue weighted by Crippen LogP contribution is 2.26. The van der Waals surface area contributed by atoms with Crippen LogP contribution in [0.2, 0.25) is 0 Å². The number of carboxylic acids is 1. The Morgan fingerprint density at radius 1 is 1.38 bits per heavy atom. The molecule has 1 aliphatic carbocycles. The summed E-state index contributed by atoms with van der Waals surface area (Å²) in [6.07, 6.45) is 6.57. The number of nitrogens with zero attached hydrogens (tertiary/aromatic N) is 1. The molecule has 0 unspecified atom stereocenters. The Morgan fingerprint density at radius 3 is 2.50 bits per heavy atom. The summed E-state index contributed by atoms with van der Waals surface area (Å²) in [6.45, 7) is 6.50. The van der Waals surface area contributed by atoms with E-state index in [1.165, 1.54) is 25.7 Å². The highest BCUT2D eigenvalue weighted by atomic mass is 16.4. The molecule has 0 heterocycles. The van der Waals surface area contributed by atoms with Crippen molar-refractivity contribution in [2.75, 3.05) is 13.1 Å². The van der Waals surface area contributed by atoms with E-state index in [0.29, 0.717) is 12.5 Å². The van der Waals surface area contributed by atoms with Gasteiger partial charge in [0.1, 0.15) is 0 Å². The second-order valence-corrected chi connectivity index (χ2v) is 5.24. The van der Waals surface area contributed by atoms with Crippen LogP contribution in [-0.2, 0) is 4.79 Å². The molecule has 0 saturated heterocycles. The zero-order valence-electron chi connectivity index (χ0n) is 10.6. The van der Waals surface area contributed by atoms with Gasteiger partial charge in [-0.25, -0.2) is 0 Å². The number of carbonyl (C=O) groups is 1. The average molecular weight is 227 g/mol. The van der Waals surface area contributed by atoms with E-state index in [1.807, 2.05) is 0 Å². The molecule has 3 nitrogen and oxygen atoms in total. The smallest absolute Gasteiger partial charge is 0.303 e. The van der Waals surface area contributed by atoms with Crippen molar-refractivity contribution in [2.45, 2.75) is 58.4 Å². The van der Waals surface area contributed by atoms with E-state index in [9.17, 15) is 4.79 Å². The van der Waals surface area contributed by atoms with Crippen molar-refractivity contribution in [3.05, 3.63) is 0 Å². The van der Waals surface area contributed by atoms with Crippen LogP contribution >= 0.6 is 0 Å². The lowest BCUT2D eigenvalue weighted by atomic mass is 10.1. The Balaban J connectivity index is 2.26. The molecule has 0 aromatic rings. The number of aliphatic carboxylic acids is 1. The molecule has 1 rings (SSSR count). The van der Waals surface area contributed by atoms with Crippen molar-refractivity contribution >= 4 is 5.97 Å². The van der Waals surface area contributed by atoms with Crippen LogP contribution in [0.1, 0.15) is 52.4 Å². The molecular formula is C13H25NO2. The maximum atomic E-state index is 10.5. The zero-order valence-corrected chi connectivity index (χ0v) is 10.6. The number of hydrogen-bond donors (Lipinski definition) is 1. The van der Waals surface area contributed by atoms with Gasteiger partial charge in [0, 0.05) is 19.0 Å². The second kappa shape index (κ2) is 6.89. The van der Waals surface area contributed by atoms with Gasteiger partial charge in [-0.2, -0.15) is 0 Å². The number of hydrogen-bond acceptors (Lipinski definition) is 2. The molecule has 1 N–H and O–H groups in total. The van der Waals surface area contributed by atoms with E-state index in [2.05, 4.69) is 18.7 Å². The van der Waals surface area contributed by atoms with Gasteiger partial charge in [-0.05, 0) is 45.6 Å². The normalized spacial score (nSPS) is 17.5. The lowest BCUT2D eigenvalue weighted by molar-refractivity contribution is -0.137. The summed E-state index contributed by atoms with van der Waals surface area (Å²) < 4.78 is 0. The Labute approximate surface area is 98.8 Å². The van der Waals surface area contributed by atoms with Crippen LogP contribution in [0.5, 0.6) is 0 Å². The molecule has 1 saturated carbocycles. The van der Waals surface area contributed by atoms with Gasteiger partial charge in [0.25, 0.3) is 0 Å². The third-order valence-electron chi connectivity index (χ3n) is 3.53. The number of carboxylic acid groups (broad SMARTS) is 1. The van der Waals surface area contributed by atoms with Crippen LogP contribution in [0.4, 0.5) is 0 Å². The molecule has 0 aliphatic heterocycles. The second-order valence-electron chi connectivity index (χ2n) is 5.24. The maximum Gasteiger partial charge on any atom is 0.303 e. The van der Waals surface area contributed by atoms with Crippen LogP contribution in [0.15, 0.2) is 0 Å². The molecular weight excluding hydrogens is 202 g/mol. The van der Waals surface area contributed by atoms with Gasteiger partial charge >= 0.3 is 5.97 Å². The lowest BCUT2D eigenvalue weighted by Gasteiger charge is -2.29. The summed E-state index contributed by atoms with van der Waals surface area (Å²) in [6, 6.07) is 0.536. The number of rotatable bonds is 7. The highest BCUT2D eigenvalue weighted by Gasteiger charge is 2.19. The third kappa shape index (κ3) is 4.97. The lowest BCUT2D eigenvalue weighted by Crippen LogP contribution is -2.35. The van der Waals surface area contributed by atoms with E-state index in [1.54, 1.807) is 0 Å². The first-order valence-electron chi connectivity index (χ1n) is 6.55. The predicted molar refractivity (Wildman–Crippen MR) is 65.5 cm³/mol. The van der Waals surface area contributed by atoms with Crippen molar-refractivity contribution in [1.29, 1.82) is 0 Å². The zero-order chi connectivity index (χ0) is 12.0. The van der Waals surface area contributed by atoms with Crippen LogP contribution in [0, 0.1) is 5.92 Å². The van der Waals surface area contributed by atoms with Crippen molar-refractivity contribution in [3.63, 3.8) is 0 Å². The van der Waals surface area contributed by atoms with Crippen LogP contribution in [-0.4, -0.2) is 35.1 Å². The molecule has 3 heteroatoms. The minimum absolute atomic E-state index is 0.299. The molecule has 1 aliphatic rings. The summed E-state index contributed by atoms with van der Waals surface area (Å²) in [5.41, 5.74) is 0. The van der Waals surface area contributed by atoms with E-state index in [-0.39, 0.29) is 0 Å². The van der Waals surface area contributed by atoms with Crippen LogP contribution in [0.3, 0.4) is 0 Å². The molecule has 0 aromatic heterocycles. The Bertz CT molecular complexity index is 210. The van der Waals surface area contributed by atoms with E-state index in [4.69, 9.17) is 5.11 Å². The van der Waals surface area contributed by atoms with Gasteiger partial charge in [0.2, 0.25) is 0 Å². The topological polar surface area (TPSA) is 40.5 Å². The van der Waals surface area contributed by atoms with Crippen molar-refractivity contribution in [2.24, 2.45) is 5.92 Å². The Hall–Kier alpha value is -0.570. The standard InChI is InChI=1S/C13H25NO2/c1-11(2)14(9-5-8-13(15)16)10-12-6-3-4-7-12/h11-12H,3-10H2,1-2H3,(H,15,16). The van der Waals surface area contributed by atoms with E-state index >= 15 is 0 Å². The quantitative estimate of drug-likeness (QED) is 0.727. The summed E-state index contributed by atoms with van der Waals surface area (Å²) in [5, 5.41) is 8.63. The van der Waals surface area contributed by atoms with Crippen LogP contribution in [0.25, 0.3) is 0 Å². The van der Waals surface area contributed by atoms with E-state index in [0.717, 1.165) is 25.4 Å². The fraction of sp³-hybridized carbons (Fsp3) is 0.923. The molecule has 16 heavy (non-hydrogen) atoms. The summed E-state index contributed by atoms with van der Waals surface area (Å²) in [5.74, 6) is 0.178. The molecule has 0 spiro atoms. The largest absolute Gasteiger partial charge is 0.481 e. The predicted octanol–water partition coefficient (Wildman–Crippen LogP) is 2.75. The molecule has 0 radical (unpaired) electrons. The minimum atomic E-state index is -0.676. The fourth-order valence-corrected chi connectivity index (χ4v) is 2.52. The van der Waals surface area contributed by atoms with Gasteiger partial charge in [-0.15, -0.1) is 0 Å². The van der Waals surface area contributed by atoms with Crippen molar-refractivity contribution in [1.82, 2.24) is 4.90 Å². The first kappa shape index (κ1) is 13.5. The molecule has 0 aromatic carbocycles. The first-order valence-corrected chi connectivity index (χ1v) is 6.55. The van der Waals surface area contributed by atoms with Gasteiger partial charge in [-0.1, -0.05) is 12.8 Å². The monoisotopic (exact) mass is 227 g/mol. The summed E-state index contributed by atoms with van der Waals surface area (Å²) in [7, 11) is 0. The van der Waals surface area contributed by atoms with Crippen molar-refractivity contribution in [3.8, 4) is 0 Å². The fourth-order valence-electron chi connectivity index (χ4n) is 2.52. The Kier molecular flexibility index (Phi) is 5.81. The van der Waals surface area contributed by atoms with Gasteiger partial charge in [0.15, 0.2) is 0 Å². The van der Waals surface area contributed by atoms with Gasteiger partial charge in [0.05, 0.1) is 0 Å². The van der Waals surface area contributed by atoms with Gasteiger partial charge in [-0.3, -0.25) is 4.79 Å². The van der Waals surface area contributed by atoms with E-state index < -0.39 is 5.97 Å². The first-order chi connectivity index (χ1) is 7.59. The summed E-state index contributed by atoms with van der Waals surface area (Å²) >= 11 is 0. The van der Waals surface area contributed by atoms with Crippen LogP contribution < -0.4 is 0 Å². The van der Waals surface area contributed by atoms with Crippen molar-refractivity contribution < 1.29 is 9.90 Å². The average Bonchev–Trinajstić information content (AvgIpc) is 2.68. The molecule has 0 bridgehead atoms. The third-order valence-corrected chi connectivity index (χ3v) is 3.53. The molecule has 0 amide bonds. The van der Waals surface area contributed by atoms with Gasteiger partial charge < -0.3 is 10.0 Å². The summed E-state index contributed by atoms with van der Waals surface area (Å²) in [4.78, 5) is 12.9. The molecule has 0 atom stereocenters. The SMILES string of the molecule is CC(C)N(CCCC(=O)O)CC1CCCC1. The Morgan fingerprint density at radius 2 is 2.00 bits per heavy atom. The molecule has 1 fully saturated rings. The molecule has 94 valence electrons. The highest BCUT2D eigenvalue weighted by molar-refractivity contribution is 5.66.